The first-order valence-electron chi connectivity index (χ1n) is 11.7. The Morgan fingerprint density at radius 1 is 1.26 bits per heavy atom. The van der Waals surface area contributed by atoms with Crippen LogP contribution < -0.4 is 15.4 Å². The topological polar surface area (TPSA) is 69.2 Å². The van der Waals surface area contributed by atoms with Crippen molar-refractivity contribution in [1.82, 2.24) is 20.4 Å². The Kier molecular flexibility index (Phi) is 8.58. The molecule has 1 aromatic rings. The van der Waals surface area contributed by atoms with Crippen molar-refractivity contribution in [2.45, 2.75) is 46.1 Å². The van der Waals surface area contributed by atoms with Gasteiger partial charge in [0.05, 0.1) is 19.7 Å². The van der Waals surface area contributed by atoms with Crippen molar-refractivity contribution < 1.29 is 9.53 Å². The van der Waals surface area contributed by atoms with Crippen LogP contribution in [0.25, 0.3) is 0 Å². The molecule has 172 valence electrons. The van der Waals surface area contributed by atoms with Crippen LogP contribution in [-0.2, 0) is 4.79 Å². The molecule has 2 N–H and O–H groups in total. The smallest absolute Gasteiger partial charge is 0.225 e. The Morgan fingerprint density at radius 3 is 2.61 bits per heavy atom. The molecule has 1 aliphatic heterocycles. The van der Waals surface area contributed by atoms with Crippen molar-refractivity contribution in [2.75, 3.05) is 52.9 Å². The predicted molar refractivity (Wildman–Crippen MR) is 126 cm³/mol. The molecule has 0 bridgehead atoms. The van der Waals surface area contributed by atoms with Gasteiger partial charge in [-0.3, -0.25) is 14.7 Å². The Bertz CT molecular complexity index is 754. The molecule has 1 unspecified atom stereocenters. The molecule has 2 fully saturated rings. The number of nitrogens with zero attached hydrogens (tertiary/aromatic N) is 3. The van der Waals surface area contributed by atoms with E-state index in [4.69, 9.17) is 9.73 Å². The number of methoxy groups -OCH3 is 1. The SMILES string of the molecule is CCNC(=NCCN1CCN(C(=O)C2CCC2)CC1)NC(C)c1cc(C)ccc1OC. The summed E-state index contributed by atoms with van der Waals surface area (Å²) in [7, 11) is 1.71. The number of carbonyl (C=O) groups excluding carboxylic acids is 1. The minimum atomic E-state index is 0.0775. The summed E-state index contributed by atoms with van der Waals surface area (Å²) in [4.78, 5) is 21.7. The number of ether oxygens (including phenoxy) is 1. The van der Waals surface area contributed by atoms with Gasteiger partial charge in [-0.15, -0.1) is 0 Å². The minimum absolute atomic E-state index is 0.0775. The average molecular weight is 430 g/mol. The molecule has 1 aromatic carbocycles. The van der Waals surface area contributed by atoms with Gasteiger partial charge in [-0.25, -0.2) is 0 Å². The van der Waals surface area contributed by atoms with E-state index in [2.05, 4.69) is 53.3 Å². The molecule has 1 amide bonds. The number of aryl methyl sites for hydroxylation is 1. The number of hydrogen-bond acceptors (Lipinski definition) is 4. The van der Waals surface area contributed by atoms with Gasteiger partial charge >= 0.3 is 0 Å². The summed E-state index contributed by atoms with van der Waals surface area (Å²) in [6.45, 7) is 12.3. The van der Waals surface area contributed by atoms with Gasteiger partial charge in [-0.1, -0.05) is 24.1 Å². The van der Waals surface area contributed by atoms with E-state index in [1.54, 1.807) is 7.11 Å². The van der Waals surface area contributed by atoms with Crippen LogP contribution >= 0.6 is 0 Å². The quantitative estimate of drug-likeness (QED) is 0.491. The number of nitrogens with one attached hydrogen (secondary N) is 2. The first-order chi connectivity index (χ1) is 15.0. The van der Waals surface area contributed by atoms with Crippen LogP contribution in [0.5, 0.6) is 5.75 Å². The fourth-order valence-electron chi connectivity index (χ4n) is 4.20. The third kappa shape index (κ3) is 6.35. The van der Waals surface area contributed by atoms with Gasteiger partial charge in [0.15, 0.2) is 5.96 Å². The van der Waals surface area contributed by atoms with Crippen molar-refractivity contribution in [3.8, 4) is 5.75 Å². The number of benzene rings is 1. The maximum Gasteiger partial charge on any atom is 0.225 e. The van der Waals surface area contributed by atoms with Crippen molar-refractivity contribution in [3.63, 3.8) is 0 Å². The lowest BCUT2D eigenvalue weighted by atomic mass is 9.84. The second kappa shape index (κ2) is 11.4. The van der Waals surface area contributed by atoms with E-state index in [1.165, 1.54) is 12.0 Å². The molecule has 1 saturated carbocycles. The molecule has 1 aliphatic carbocycles. The second-order valence-electron chi connectivity index (χ2n) is 8.67. The lowest BCUT2D eigenvalue weighted by Gasteiger charge is -2.38. The van der Waals surface area contributed by atoms with Crippen LogP contribution in [0.1, 0.15) is 50.3 Å². The third-order valence-corrected chi connectivity index (χ3v) is 6.37. The molecule has 2 aliphatic rings. The van der Waals surface area contributed by atoms with Crippen LogP contribution in [0.2, 0.25) is 0 Å². The van der Waals surface area contributed by atoms with Crippen LogP contribution in [0.4, 0.5) is 0 Å². The van der Waals surface area contributed by atoms with Crippen molar-refractivity contribution >= 4 is 11.9 Å². The van der Waals surface area contributed by atoms with Crippen molar-refractivity contribution in [1.29, 1.82) is 0 Å². The number of piperazine rings is 1. The van der Waals surface area contributed by atoms with Gasteiger partial charge in [-0.2, -0.15) is 0 Å². The van der Waals surface area contributed by atoms with Crippen LogP contribution in [0, 0.1) is 12.8 Å². The van der Waals surface area contributed by atoms with Gasteiger partial charge in [0.2, 0.25) is 5.91 Å². The first-order valence-corrected chi connectivity index (χ1v) is 11.7. The van der Waals surface area contributed by atoms with E-state index >= 15 is 0 Å². The molecule has 0 radical (unpaired) electrons. The third-order valence-electron chi connectivity index (χ3n) is 6.37. The molecule has 31 heavy (non-hydrogen) atoms. The van der Waals surface area contributed by atoms with Gasteiger partial charge in [0.25, 0.3) is 0 Å². The highest BCUT2D eigenvalue weighted by molar-refractivity contribution is 5.80. The maximum atomic E-state index is 12.4. The van der Waals surface area contributed by atoms with Gasteiger partial charge in [0.1, 0.15) is 5.75 Å². The zero-order valence-corrected chi connectivity index (χ0v) is 19.6. The molecule has 0 spiro atoms. The minimum Gasteiger partial charge on any atom is -0.496 e. The molecule has 1 heterocycles. The summed E-state index contributed by atoms with van der Waals surface area (Å²) >= 11 is 0. The Labute approximate surface area is 187 Å². The molecule has 1 saturated heterocycles. The van der Waals surface area contributed by atoms with E-state index in [1.807, 2.05) is 6.07 Å². The monoisotopic (exact) mass is 429 g/mol. The summed E-state index contributed by atoms with van der Waals surface area (Å²) in [6.07, 6.45) is 3.38. The molecule has 7 nitrogen and oxygen atoms in total. The van der Waals surface area contributed by atoms with E-state index in [0.29, 0.717) is 11.8 Å². The Morgan fingerprint density at radius 2 is 2.00 bits per heavy atom. The number of guanidine groups is 1. The zero-order chi connectivity index (χ0) is 22.2. The number of rotatable bonds is 8. The molecule has 1 atom stereocenters. The fraction of sp³-hybridized carbons (Fsp3) is 0.667. The number of aliphatic imine (C=N–C) groups is 1. The summed E-state index contributed by atoms with van der Waals surface area (Å²) in [5.41, 5.74) is 2.33. The molecule has 7 heteroatoms. The maximum absolute atomic E-state index is 12.4. The molecule has 0 aromatic heterocycles. The average Bonchev–Trinajstić information content (AvgIpc) is 2.73. The highest BCUT2D eigenvalue weighted by atomic mass is 16.5. The van der Waals surface area contributed by atoms with Crippen LogP contribution in [0.3, 0.4) is 0 Å². The van der Waals surface area contributed by atoms with Gasteiger partial charge in [0, 0.05) is 50.7 Å². The largest absolute Gasteiger partial charge is 0.496 e. The van der Waals surface area contributed by atoms with Gasteiger partial charge in [-0.05, 0) is 39.7 Å². The van der Waals surface area contributed by atoms with E-state index in [-0.39, 0.29) is 6.04 Å². The molecular formula is C24H39N5O2. The number of hydrogen-bond donors (Lipinski definition) is 2. The Balaban J connectivity index is 1.48. The van der Waals surface area contributed by atoms with Crippen LogP contribution in [-0.4, -0.2) is 74.6 Å². The van der Waals surface area contributed by atoms with E-state index in [0.717, 1.165) is 75.9 Å². The lowest BCUT2D eigenvalue weighted by molar-refractivity contribution is -0.139. The Hall–Kier alpha value is -2.28. The molecule has 3 rings (SSSR count). The number of amides is 1. The standard InChI is InChI=1S/C24H39N5O2/c1-5-25-24(27-19(3)21-17-18(2)9-10-22(21)31-4)26-11-12-28-13-15-29(16-14-28)23(30)20-7-6-8-20/h9-10,17,19-20H,5-8,11-16H2,1-4H3,(H2,25,26,27). The summed E-state index contributed by atoms with van der Waals surface area (Å²) in [5, 5.41) is 6.86. The zero-order valence-electron chi connectivity index (χ0n) is 19.6. The van der Waals surface area contributed by atoms with Crippen molar-refractivity contribution in [3.05, 3.63) is 29.3 Å². The van der Waals surface area contributed by atoms with Crippen LogP contribution in [0.15, 0.2) is 23.2 Å². The predicted octanol–water partition coefficient (Wildman–Crippen LogP) is 2.56. The van der Waals surface area contributed by atoms with Crippen molar-refractivity contribution in [2.24, 2.45) is 10.9 Å². The second-order valence-corrected chi connectivity index (χ2v) is 8.67. The first kappa shape index (κ1) is 23.4. The summed E-state index contributed by atoms with van der Waals surface area (Å²) < 4.78 is 5.54. The summed E-state index contributed by atoms with van der Waals surface area (Å²) in [6, 6.07) is 6.31. The summed E-state index contributed by atoms with van der Waals surface area (Å²) in [5.74, 6) is 2.38. The van der Waals surface area contributed by atoms with E-state index < -0.39 is 0 Å². The molecular weight excluding hydrogens is 390 g/mol. The number of carbonyl (C=O) groups is 1. The highest BCUT2D eigenvalue weighted by Gasteiger charge is 2.31. The fourth-order valence-corrected chi connectivity index (χ4v) is 4.20. The van der Waals surface area contributed by atoms with Gasteiger partial charge < -0.3 is 20.3 Å². The van der Waals surface area contributed by atoms with E-state index in [9.17, 15) is 4.79 Å². The normalized spacial score (nSPS) is 19.0. The lowest BCUT2D eigenvalue weighted by Crippen LogP contribution is -2.51. The highest BCUT2D eigenvalue weighted by Crippen LogP contribution is 2.28.